The van der Waals surface area contributed by atoms with Gasteiger partial charge < -0.3 is 5.32 Å². The van der Waals surface area contributed by atoms with Gasteiger partial charge in [-0.25, -0.2) is 17.7 Å². The van der Waals surface area contributed by atoms with Crippen molar-refractivity contribution in [3.63, 3.8) is 0 Å². The van der Waals surface area contributed by atoms with Crippen molar-refractivity contribution in [2.24, 2.45) is 0 Å². The Labute approximate surface area is 150 Å². The molecule has 0 radical (unpaired) electrons. The summed E-state index contributed by atoms with van der Waals surface area (Å²) in [6, 6.07) is 13.8. The predicted octanol–water partition coefficient (Wildman–Crippen LogP) is 2.48. The fourth-order valence-electron chi connectivity index (χ4n) is 2.26. The van der Waals surface area contributed by atoms with Crippen LogP contribution in [0.25, 0.3) is 10.2 Å². The third-order valence-electron chi connectivity index (χ3n) is 3.61. The van der Waals surface area contributed by atoms with E-state index >= 15 is 0 Å². The fourth-order valence-corrected chi connectivity index (χ4v) is 4.12. The Hall–Kier alpha value is -2.29. The first-order chi connectivity index (χ1) is 11.9. The zero-order valence-corrected chi connectivity index (χ0v) is 15.4. The van der Waals surface area contributed by atoms with Crippen molar-refractivity contribution < 1.29 is 13.2 Å². The van der Waals surface area contributed by atoms with Crippen molar-refractivity contribution in [2.75, 3.05) is 14.1 Å². The molecule has 1 aromatic heterocycles. The van der Waals surface area contributed by atoms with E-state index in [2.05, 4.69) is 10.3 Å². The van der Waals surface area contributed by atoms with E-state index in [4.69, 9.17) is 0 Å². The molecule has 1 amide bonds. The molecule has 0 unspecified atom stereocenters. The molecule has 130 valence electrons. The van der Waals surface area contributed by atoms with Crippen LogP contribution in [0.4, 0.5) is 0 Å². The SMILES string of the molecule is CN(C)S(=O)(=O)c1cccc(C(=O)NCc2nc3ccccc3s2)c1. The topological polar surface area (TPSA) is 79.4 Å². The summed E-state index contributed by atoms with van der Waals surface area (Å²) in [4.78, 5) is 16.9. The van der Waals surface area contributed by atoms with E-state index in [1.54, 1.807) is 12.1 Å². The molecule has 6 nitrogen and oxygen atoms in total. The zero-order valence-electron chi connectivity index (χ0n) is 13.8. The number of benzene rings is 2. The van der Waals surface area contributed by atoms with E-state index in [0.29, 0.717) is 12.1 Å². The number of nitrogens with one attached hydrogen (secondary N) is 1. The Morgan fingerprint density at radius 2 is 1.92 bits per heavy atom. The molecule has 0 saturated carbocycles. The summed E-state index contributed by atoms with van der Waals surface area (Å²) in [5.74, 6) is -0.338. The Morgan fingerprint density at radius 3 is 2.64 bits per heavy atom. The van der Waals surface area contributed by atoms with Gasteiger partial charge in [-0.15, -0.1) is 11.3 Å². The van der Waals surface area contributed by atoms with Gasteiger partial charge in [0.15, 0.2) is 0 Å². The normalized spacial score (nSPS) is 11.8. The van der Waals surface area contributed by atoms with Gasteiger partial charge in [-0.05, 0) is 30.3 Å². The van der Waals surface area contributed by atoms with Crippen molar-refractivity contribution >= 4 is 37.5 Å². The Balaban J connectivity index is 1.75. The number of carbonyl (C=O) groups is 1. The third-order valence-corrected chi connectivity index (χ3v) is 6.46. The van der Waals surface area contributed by atoms with Crippen molar-refractivity contribution in [3.05, 3.63) is 59.1 Å². The van der Waals surface area contributed by atoms with Crippen molar-refractivity contribution in [2.45, 2.75) is 11.4 Å². The van der Waals surface area contributed by atoms with Gasteiger partial charge in [0.25, 0.3) is 5.91 Å². The highest BCUT2D eigenvalue weighted by Gasteiger charge is 2.18. The highest BCUT2D eigenvalue weighted by molar-refractivity contribution is 7.89. The van der Waals surface area contributed by atoms with E-state index in [1.165, 1.54) is 37.6 Å². The second-order valence-electron chi connectivity index (χ2n) is 5.57. The molecule has 1 N–H and O–H groups in total. The molecule has 1 heterocycles. The highest BCUT2D eigenvalue weighted by Crippen LogP contribution is 2.21. The van der Waals surface area contributed by atoms with Gasteiger partial charge in [-0.1, -0.05) is 18.2 Å². The Bertz CT molecular complexity index is 993. The number of carbonyl (C=O) groups excluding carboxylic acids is 1. The lowest BCUT2D eigenvalue weighted by molar-refractivity contribution is 0.0950. The molecule has 0 aliphatic rings. The molecule has 25 heavy (non-hydrogen) atoms. The summed E-state index contributed by atoms with van der Waals surface area (Å²) < 4.78 is 26.5. The number of fused-ring (bicyclic) bond motifs is 1. The maximum absolute atomic E-state index is 12.3. The molecule has 0 saturated heterocycles. The second kappa shape index (κ2) is 6.91. The molecule has 0 aliphatic carbocycles. The minimum atomic E-state index is -3.57. The molecular formula is C17H17N3O3S2. The highest BCUT2D eigenvalue weighted by atomic mass is 32.2. The molecule has 2 aromatic carbocycles. The largest absolute Gasteiger partial charge is 0.346 e. The third kappa shape index (κ3) is 3.71. The van der Waals surface area contributed by atoms with Gasteiger partial charge in [0.05, 0.1) is 21.7 Å². The number of para-hydroxylation sites is 1. The van der Waals surface area contributed by atoms with Crippen molar-refractivity contribution in [1.82, 2.24) is 14.6 Å². The number of thiazole rings is 1. The first-order valence-electron chi connectivity index (χ1n) is 7.53. The van der Waals surface area contributed by atoms with E-state index in [0.717, 1.165) is 19.5 Å². The van der Waals surface area contributed by atoms with Crippen LogP contribution < -0.4 is 5.32 Å². The molecule has 0 bridgehead atoms. The van der Waals surface area contributed by atoms with E-state index in [-0.39, 0.29) is 10.8 Å². The summed E-state index contributed by atoms with van der Waals surface area (Å²) in [7, 11) is -0.667. The van der Waals surface area contributed by atoms with Crippen LogP contribution in [0.3, 0.4) is 0 Å². The number of sulfonamides is 1. The zero-order chi connectivity index (χ0) is 18.0. The van der Waals surface area contributed by atoms with Gasteiger partial charge in [-0.3, -0.25) is 4.79 Å². The fraction of sp³-hybridized carbons (Fsp3) is 0.176. The predicted molar refractivity (Wildman–Crippen MR) is 98.1 cm³/mol. The van der Waals surface area contributed by atoms with Crippen LogP contribution in [0.5, 0.6) is 0 Å². The summed E-state index contributed by atoms with van der Waals surface area (Å²) in [5, 5.41) is 3.58. The van der Waals surface area contributed by atoms with Gasteiger partial charge in [0, 0.05) is 19.7 Å². The Kier molecular flexibility index (Phi) is 4.85. The maximum Gasteiger partial charge on any atom is 0.251 e. The monoisotopic (exact) mass is 375 g/mol. The molecule has 8 heteroatoms. The summed E-state index contributed by atoms with van der Waals surface area (Å²) in [5.41, 5.74) is 1.19. The Morgan fingerprint density at radius 1 is 1.16 bits per heavy atom. The lowest BCUT2D eigenvalue weighted by Crippen LogP contribution is -2.25. The van der Waals surface area contributed by atoms with E-state index in [1.807, 2.05) is 24.3 Å². The molecule has 0 fully saturated rings. The number of aromatic nitrogens is 1. The van der Waals surface area contributed by atoms with Gasteiger partial charge in [0.1, 0.15) is 5.01 Å². The lowest BCUT2D eigenvalue weighted by Gasteiger charge is -2.12. The van der Waals surface area contributed by atoms with E-state index in [9.17, 15) is 13.2 Å². The molecule has 3 aromatic rings. The van der Waals surface area contributed by atoms with E-state index < -0.39 is 10.0 Å². The molecule has 3 rings (SSSR count). The molecule has 0 atom stereocenters. The minimum absolute atomic E-state index is 0.0881. The van der Waals surface area contributed by atoms with Crippen LogP contribution in [-0.2, 0) is 16.6 Å². The van der Waals surface area contributed by atoms with Crippen LogP contribution in [-0.4, -0.2) is 37.7 Å². The first kappa shape index (κ1) is 17.5. The summed E-state index contributed by atoms with van der Waals surface area (Å²) in [6.07, 6.45) is 0. The van der Waals surface area contributed by atoms with Gasteiger partial charge >= 0.3 is 0 Å². The molecule has 0 aliphatic heterocycles. The summed E-state index contributed by atoms with van der Waals surface area (Å²) in [6.45, 7) is 0.294. The minimum Gasteiger partial charge on any atom is -0.346 e. The van der Waals surface area contributed by atoms with Crippen LogP contribution in [0.1, 0.15) is 15.4 Å². The molecule has 0 spiro atoms. The lowest BCUT2D eigenvalue weighted by atomic mass is 10.2. The smallest absolute Gasteiger partial charge is 0.251 e. The number of hydrogen-bond acceptors (Lipinski definition) is 5. The average molecular weight is 375 g/mol. The van der Waals surface area contributed by atoms with Crippen LogP contribution in [0.15, 0.2) is 53.4 Å². The van der Waals surface area contributed by atoms with Gasteiger partial charge in [0.2, 0.25) is 10.0 Å². The number of amides is 1. The first-order valence-corrected chi connectivity index (χ1v) is 9.79. The van der Waals surface area contributed by atoms with Crippen LogP contribution >= 0.6 is 11.3 Å². The number of hydrogen-bond donors (Lipinski definition) is 1. The standard InChI is InChI=1S/C17H17N3O3S2/c1-20(2)25(22,23)13-7-5-6-12(10-13)17(21)18-11-16-19-14-8-3-4-9-15(14)24-16/h3-10H,11H2,1-2H3,(H,18,21). The van der Waals surface area contributed by atoms with Crippen molar-refractivity contribution in [3.8, 4) is 0 Å². The average Bonchev–Trinajstić information content (AvgIpc) is 3.02. The van der Waals surface area contributed by atoms with Gasteiger partial charge in [-0.2, -0.15) is 0 Å². The van der Waals surface area contributed by atoms with Crippen molar-refractivity contribution in [1.29, 1.82) is 0 Å². The number of nitrogens with zero attached hydrogens (tertiary/aromatic N) is 2. The van der Waals surface area contributed by atoms with Crippen LogP contribution in [0.2, 0.25) is 0 Å². The molecular weight excluding hydrogens is 358 g/mol. The maximum atomic E-state index is 12.3. The number of rotatable bonds is 5. The quantitative estimate of drug-likeness (QED) is 0.743. The summed E-state index contributed by atoms with van der Waals surface area (Å²) >= 11 is 1.52. The van der Waals surface area contributed by atoms with Crippen LogP contribution in [0, 0.1) is 0 Å². The second-order valence-corrected chi connectivity index (χ2v) is 8.84.